The van der Waals surface area contributed by atoms with Gasteiger partial charge < -0.3 is 9.84 Å². The third-order valence-corrected chi connectivity index (χ3v) is 15.8. The van der Waals surface area contributed by atoms with Crippen molar-refractivity contribution in [1.29, 1.82) is 0 Å². The zero-order valence-corrected chi connectivity index (χ0v) is 24.6. The molecule has 0 unspecified atom stereocenters. The number of ether oxygens (including phenoxy) is 1. The molecule has 4 nitrogen and oxygen atoms in total. The number of phenolic OH excluding ortho intramolecular Hbond substituents is 1. The predicted octanol–water partition coefficient (Wildman–Crippen LogP) is 7.84. The summed E-state index contributed by atoms with van der Waals surface area (Å²) < 4.78 is 8.67. The molecule has 7 heteroatoms. The van der Waals surface area contributed by atoms with Crippen molar-refractivity contribution >= 4 is 48.5 Å². The average Bonchev–Trinajstić information content (AvgIpc) is 3.28. The van der Waals surface area contributed by atoms with Crippen LogP contribution in [0.5, 0.6) is 5.75 Å². The molecular formula is C26H40N2O2SSi2. The summed E-state index contributed by atoms with van der Waals surface area (Å²) in [5.41, 5.74) is 7.27. The zero-order valence-electron chi connectivity index (χ0n) is 21.7. The summed E-state index contributed by atoms with van der Waals surface area (Å²) in [5.74, 6) is 3.82. The molecule has 2 heterocycles. The molecular weight excluding hydrogens is 461 g/mol. The van der Waals surface area contributed by atoms with Gasteiger partial charge >= 0.3 is 0 Å². The van der Waals surface area contributed by atoms with Crippen LogP contribution in [0.25, 0.3) is 21.0 Å². The molecule has 0 spiro atoms. The lowest BCUT2D eigenvalue weighted by atomic mass is 10.1. The first-order valence-electron chi connectivity index (χ1n) is 12.1. The summed E-state index contributed by atoms with van der Waals surface area (Å²) in [6.45, 7) is 22.2. The topological polar surface area (TPSA) is 47.3 Å². The van der Waals surface area contributed by atoms with Gasteiger partial charge in [-0.1, -0.05) is 67.1 Å². The van der Waals surface area contributed by atoms with Crippen molar-refractivity contribution < 1.29 is 9.84 Å². The summed E-state index contributed by atoms with van der Waals surface area (Å²) >= 11 is 1.63. The lowest BCUT2D eigenvalue weighted by Crippen LogP contribution is -2.43. The van der Waals surface area contributed by atoms with Crippen LogP contribution in [0.1, 0.15) is 47.1 Å². The molecule has 2 aromatic heterocycles. The van der Waals surface area contributed by atoms with Crippen molar-refractivity contribution in [2.24, 2.45) is 0 Å². The highest BCUT2D eigenvalue weighted by atomic mass is 32.1. The molecule has 1 aromatic carbocycles. The quantitative estimate of drug-likeness (QED) is 0.195. The Balaban J connectivity index is 1.96. The molecule has 0 amide bonds. The van der Waals surface area contributed by atoms with Crippen molar-refractivity contribution in [3.63, 3.8) is 0 Å². The van der Waals surface area contributed by atoms with Crippen LogP contribution in [0.15, 0.2) is 17.6 Å². The Morgan fingerprint density at radius 2 is 1.73 bits per heavy atom. The van der Waals surface area contributed by atoms with Gasteiger partial charge in [0.05, 0.1) is 16.3 Å². The molecule has 33 heavy (non-hydrogen) atoms. The highest BCUT2D eigenvalue weighted by Gasteiger charge is 2.41. The van der Waals surface area contributed by atoms with Crippen LogP contribution in [0.3, 0.4) is 0 Å². The first-order chi connectivity index (χ1) is 15.4. The Bertz CT molecular complexity index is 1150. The fourth-order valence-corrected chi connectivity index (χ4v) is 11.9. The Morgan fingerprint density at radius 1 is 1.09 bits per heavy atom. The van der Waals surface area contributed by atoms with Crippen LogP contribution in [-0.2, 0) is 11.5 Å². The SMILES string of the molecule is CC(C)[Si](C#Cc1csc2cc3nn(COCC[Si](C)(C)C)cc3c(O)c12)(C(C)C)C(C)C. The van der Waals surface area contributed by atoms with Crippen molar-refractivity contribution in [2.75, 3.05) is 6.61 Å². The first kappa shape index (κ1) is 26.0. The van der Waals surface area contributed by atoms with E-state index in [0.717, 1.165) is 39.2 Å². The van der Waals surface area contributed by atoms with E-state index < -0.39 is 16.1 Å². The Hall–Kier alpha value is -1.60. The summed E-state index contributed by atoms with van der Waals surface area (Å²) in [6, 6.07) is 3.20. The number of phenols is 1. The van der Waals surface area contributed by atoms with Crippen LogP contribution in [-0.4, -0.2) is 37.6 Å². The van der Waals surface area contributed by atoms with Crippen LogP contribution in [0.2, 0.25) is 42.3 Å². The molecule has 0 radical (unpaired) electrons. The molecule has 0 saturated carbocycles. The van der Waals surface area contributed by atoms with E-state index in [9.17, 15) is 5.11 Å². The average molecular weight is 501 g/mol. The molecule has 0 aliphatic rings. The molecule has 0 bridgehead atoms. The molecule has 3 aromatic rings. The molecule has 0 aliphatic heterocycles. The summed E-state index contributed by atoms with van der Waals surface area (Å²) in [7, 11) is -2.95. The second-order valence-electron chi connectivity index (χ2n) is 11.3. The Labute approximate surface area is 205 Å². The third kappa shape index (κ3) is 5.40. The van der Waals surface area contributed by atoms with Gasteiger partial charge in [-0.25, -0.2) is 4.68 Å². The number of hydrogen-bond donors (Lipinski definition) is 1. The van der Waals surface area contributed by atoms with Gasteiger partial charge in [-0.2, -0.15) is 5.10 Å². The molecule has 0 saturated heterocycles. The normalized spacial score (nSPS) is 13.0. The van der Waals surface area contributed by atoms with Gasteiger partial charge in [0, 0.05) is 36.5 Å². The zero-order chi connectivity index (χ0) is 24.6. The summed E-state index contributed by atoms with van der Waals surface area (Å²) in [5, 5.41) is 19.5. The minimum atomic E-state index is -1.84. The number of rotatable bonds is 8. The highest BCUT2D eigenvalue weighted by molar-refractivity contribution is 7.17. The van der Waals surface area contributed by atoms with E-state index in [1.807, 2.05) is 6.20 Å². The molecule has 0 fully saturated rings. The van der Waals surface area contributed by atoms with E-state index in [-0.39, 0.29) is 5.75 Å². The van der Waals surface area contributed by atoms with Crippen LogP contribution < -0.4 is 0 Å². The van der Waals surface area contributed by atoms with E-state index in [4.69, 9.17) is 4.74 Å². The van der Waals surface area contributed by atoms with Crippen LogP contribution >= 0.6 is 11.3 Å². The van der Waals surface area contributed by atoms with Gasteiger partial charge in [-0.05, 0) is 28.7 Å². The summed E-state index contributed by atoms with van der Waals surface area (Å²) in [4.78, 5) is 0. The van der Waals surface area contributed by atoms with Gasteiger partial charge in [0.25, 0.3) is 0 Å². The van der Waals surface area contributed by atoms with Gasteiger partial charge in [0.2, 0.25) is 0 Å². The lowest BCUT2D eigenvalue weighted by Gasteiger charge is -2.38. The predicted molar refractivity (Wildman–Crippen MR) is 149 cm³/mol. The number of fused-ring (bicyclic) bond motifs is 2. The number of aromatic hydroxyl groups is 1. The number of benzene rings is 1. The molecule has 180 valence electrons. The van der Waals surface area contributed by atoms with Crippen molar-refractivity contribution in [3.8, 4) is 17.2 Å². The second kappa shape index (κ2) is 9.95. The van der Waals surface area contributed by atoms with Crippen molar-refractivity contribution in [1.82, 2.24) is 9.78 Å². The van der Waals surface area contributed by atoms with E-state index in [2.05, 4.69) is 89.2 Å². The number of hydrogen-bond acceptors (Lipinski definition) is 4. The van der Waals surface area contributed by atoms with E-state index in [0.29, 0.717) is 23.4 Å². The molecule has 1 N–H and O–H groups in total. The number of nitrogens with zero attached hydrogens (tertiary/aromatic N) is 2. The number of aromatic nitrogens is 2. The smallest absolute Gasteiger partial charge is 0.146 e. The maximum absolute atomic E-state index is 11.2. The van der Waals surface area contributed by atoms with Gasteiger partial charge in [-0.3, -0.25) is 0 Å². The van der Waals surface area contributed by atoms with E-state index in [1.165, 1.54) is 0 Å². The standard InChI is InChI=1S/C26H40N2O2SSi2/c1-18(2)33(19(3)4,20(5)6)12-10-21-16-31-24-14-23-22(26(29)25(21)24)15-28(27-23)17-30-11-13-32(7,8)9/h14-16,18-20,29H,11,13,17H2,1-9H3. The van der Waals surface area contributed by atoms with E-state index >= 15 is 0 Å². The third-order valence-electron chi connectivity index (χ3n) is 6.87. The largest absolute Gasteiger partial charge is 0.506 e. The van der Waals surface area contributed by atoms with Crippen LogP contribution in [0, 0.1) is 11.5 Å². The second-order valence-corrected chi connectivity index (χ2v) is 23.5. The minimum absolute atomic E-state index is 0.285. The maximum atomic E-state index is 11.2. The fraction of sp³-hybridized carbons (Fsp3) is 0.577. The molecule has 0 aliphatic carbocycles. The van der Waals surface area contributed by atoms with Gasteiger partial charge in [-0.15, -0.1) is 16.9 Å². The fourth-order valence-electron chi connectivity index (χ4n) is 5.01. The lowest BCUT2D eigenvalue weighted by molar-refractivity contribution is 0.0791. The van der Waals surface area contributed by atoms with Gasteiger partial charge in [0.1, 0.15) is 20.6 Å². The highest BCUT2D eigenvalue weighted by Crippen LogP contribution is 2.42. The molecule has 3 rings (SSSR count). The van der Waals surface area contributed by atoms with Crippen LogP contribution in [0.4, 0.5) is 0 Å². The van der Waals surface area contributed by atoms with Gasteiger partial charge in [0.15, 0.2) is 0 Å². The monoisotopic (exact) mass is 500 g/mol. The van der Waals surface area contributed by atoms with Crippen molar-refractivity contribution in [3.05, 3.63) is 23.2 Å². The van der Waals surface area contributed by atoms with E-state index in [1.54, 1.807) is 16.0 Å². The Kier molecular flexibility index (Phi) is 7.84. The molecule has 0 atom stereocenters. The minimum Gasteiger partial charge on any atom is -0.506 e. The van der Waals surface area contributed by atoms with Crippen molar-refractivity contribution in [2.45, 2.75) is 90.6 Å². The first-order valence-corrected chi connectivity index (χ1v) is 18.9. The Morgan fingerprint density at radius 3 is 2.30 bits per heavy atom. The number of thiophene rings is 1. The summed E-state index contributed by atoms with van der Waals surface area (Å²) in [6.07, 6.45) is 1.89. The maximum Gasteiger partial charge on any atom is 0.146 e.